The summed E-state index contributed by atoms with van der Waals surface area (Å²) < 4.78 is 51.3. The fourth-order valence-corrected chi connectivity index (χ4v) is 4.66. The number of carbonyl (C=O) groups excluding carboxylic acids is 1. The standard InChI is InChI=1S/C24H24F3N3O4/c1-29-10-13-7-16(34-15-5-3-14(4-6-15)24(25,26)27)8-18(22(13)28-29)17-9-19(17)23(32)30-11-20(31)21(12-30)33-2/h3-8,10,17,19-21,31H,9,11-12H2,1-2H3/t17-,19+,20-,21-/m1/s1. The highest BCUT2D eigenvalue weighted by Gasteiger charge is 2.49. The molecule has 3 aromatic rings. The van der Waals surface area contributed by atoms with E-state index in [1.807, 2.05) is 12.3 Å². The number of alkyl halides is 3. The Hall–Kier alpha value is -3.11. The van der Waals surface area contributed by atoms with Gasteiger partial charge in [0, 0.05) is 44.7 Å². The largest absolute Gasteiger partial charge is 0.457 e. The van der Waals surface area contributed by atoms with Crippen molar-refractivity contribution in [3.05, 3.63) is 53.7 Å². The van der Waals surface area contributed by atoms with E-state index in [0.29, 0.717) is 18.7 Å². The zero-order valence-electron chi connectivity index (χ0n) is 18.6. The highest BCUT2D eigenvalue weighted by molar-refractivity contribution is 5.88. The first-order valence-corrected chi connectivity index (χ1v) is 11.0. The van der Waals surface area contributed by atoms with Crippen LogP contribution >= 0.6 is 0 Å². The molecule has 2 heterocycles. The number of benzene rings is 2. The first kappa shape index (κ1) is 22.7. The van der Waals surface area contributed by atoms with Gasteiger partial charge in [0.25, 0.3) is 0 Å². The maximum Gasteiger partial charge on any atom is 0.416 e. The number of aliphatic hydroxyl groups excluding tert-OH is 1. The SMILES string of the molecule is CO[C@@H]1CN(C(=O)[C@H]2C[C@@H]2c2cc(Oc3ccc(C(F)(F)F)cc3)cc3cn(C)nc23)C[C@H]1O. The van der Waals surface area contributed by atoms with Crippen molar-refractivity contribution in [1.29, 1.82) is 0 Å². The van der Waals surface area contributed by atoms with Crippen LogP contribution < -0.4 is 4.74 Å². The van der Waals surface area contributed by atoms with E-state index in [4.69, 9.17) is 9.47 Å². The molecule has 2 aliphatic rings. The number of aliphatic hydroxyl groups is 1. The Morgan fingerprint density at radius 1 is 1.15 bits per heavy atom. The molecule has 1 amide bonds. The summed E-state index contributed by atoms with van der Waals surface area (Å²) in [6.45, 7) is 0.604. The molecule has 34 heavy (non-hydrogen) atoms. The second-order valence-electron chi connectivity index (χ2n) is 8.91. The van der Waals surface area contributed by atoms with Gasteiger partial charge in [-0.1, -0.05) is 0 Å². The minimum absolute atomic E-state index is 0.0262. The fourth-order valence-electron chi connectivity index (χ4n) is 4.66. The number of ether oxygens (including phenoxy) is 2. The van der Waals surface area contributed by atoms with Gasteiger partial charge in [-0.2, -0.15) is 18.3 Å². The highest BCUT2D eigenvalue weighted by atomic mass is 19.4. The van der Waals surface area contributed by atoms with Gasteiger partial charge in [-0.25, -0.2) is 0 Å². The van der Waals surface area contributed by atoms with Crippen LogP contribution in [0.2, 0.25) is 0 Å². The smallest absolute Gasteiger partial charge is 0.416 e. The topological polar surface area (TPSA) is 76.8 Å². The number of methoxy groups -OCH3 is 1. The molecular weight excluding hydrogens is 451 g/mol. The first-order chi connectivity index (χ1) is 16.1. The third kappa shape index (κ3) is 4.23. The number of amides is 1. The lowest BCUT2D eigenvalue weighted by Gasteiger charge is -2.16. The summed E-state index contributed by atoms with van der Waals surface area (Å²) in [5.74, 6) is 0.433. The molecule has 1 saturated heterocycles. The Bertz CT molecular complexity index is 1220. The lowest BCUT2D eigenvalue weighted by Crippen LogP contribution is -2.31. The molecular formula is C24H24F3N3O4. The maximum absolute atomic E-state index is 13.0. The van der Waals surface area contributed by atoms with E-state index in [0.717, 1.165) is 28.6 Å². The van der Waals surface area contributed by atoms with Gasteiger partial charge in [0.1, 0.15) is 17.6 Å². The van der Waals surface area contributed by atoms with Crippen molar-refractivity contribution < 1.29 is 32.5 Å². The molecule has 1 saturated carbocycles. The van der Waals surface area contributed by atoms with Gasteiger partial charge in [-0.15, -0.1) is 0 Å². The van der Waals surface area contributed by atoms with Crippen molar-refractivity contribution in [2.75, 3.05) is 20.2 Å². The third-order valence-electron chi connectivity index (χ3n) is 6.50. The van der Waals surface area contributed by atoms with Crippen LogP contribution in [0.5, 0.6) is 11.5 Å². The average molecular weight is 475 g/mol. The molecule has 0 spiro atoms. The molecule has 5 rings (SSSR count). The van der Waals surface area contributed by atoms with Crippen LogP contribution in [-0.2, 0) is 22.8 Å². The van der Waals surface area contributed by atoms with Gasteiger partial charge in [0.05, 0.1) is 17.2 Å². The Morgan fingerprint density at radius 2 is 1.88 bits per heavy atom. The monoisotopic (exact) mass is 475 g/mol. The zero-order valence-corrected chi connectivity index (χ0v) is 18.6. The molecule has 1 N–H and O–H groups in total. The Kier molecular flexibility index (Phi) is 5.52. The quantitative estimate of drug-likeness (QED) is 0.609. The number of hydrogen-bond acceptors (Lipinski definition) is 5. The van der Waals surface area contributed by atoms with E-state index in [-0.39, 0.29) is 36.1 Å². The van der Waals surface area contributed by atoms with Gasteiger partial charge in [0.15, 0.2) is 0 Å². The van der Waals surface area contributed by atoms with Crippen LogP contribution in [0.15, 0.2) is 42.6 Å². The van der Waals surface area contributed by atoms with Gasteiger partial charge < -0.3 is 19.5 Å². The summed E-state index contributed by atoms with van der Waals surface area (Å²) in [6.07, 6.45) is -3.02. The van der Waals surface area contributed by atoms with E-state index in [1.54, 1.807) is 22.7 Å². The van der Waals surface area contributed by atoms with Crippen molar-refractivity contribution in [3.8, 4) is 11.5 Å². The molecule has 2 aromatic carbocycles. The lowest BCUT2D eigenvalue weighted by atomic mass is 10.0. The fraction of sp³-hybridized carbons (Fsp3) is 0.417. The average Bonchev–Trinajstić information content (AvgIpc) is 3.35. The molecule has 0 bridgehead atoms. The van der Waals surface area contributed by atoms with Gasteiger partial charge in [-0.3, -0.25) is 9.48 Å². The van der Waals surface area contributed by atoms with Crippen molar-refractivity contribution in [2.45, 2.75) is 30.7 Å². The molecule has 4 atom stereocenters. The van der Waals surface area contributed by atoms with Gasteiger partial charge >= 0.3 is 6.18 Å². The summed E-state index contributed by atoms with van der Waals surface area (Å²) in [4.78, 5) is 14.7. The molecule has 1 aliphatic heterocycles. The molecule has 2 fully saturated rings. The molecule has 0 radical (unpaired) electrons. The minimum atomic E-state index is -4.41. The zero-order chi connectivity index (χ0) is 24.2. The number of likely N-dealkylation sites (tertiary alicyclic amines) is 1. The second-order valence-corrected chi connectivity index (χ2v) is 8.91. The number of nitrogens with zero attached hydrogens (tertiary/aromatic N) is 3. The van der Waals surface area contributed by atoms with E-state index >= 15 is 0 Å². The minimum Gasteiger partial charge on any atom is -0.457 e. The number of halogens is 3. The predicted octanol–water partition coefficient (Wildman–Crippen LogP) is 3.71. The van der Waals surface area contributed by atoms with Gasteiger partial charge in [0.2, 0.25) is 5.91 Å². The molecule has 1 aliphatic carbocycles. The van der Waals surface area contributed by atoms with Crippen LogP contribution in [0.1, 0.15) is 23.5 Å². The Morgan fingerprint density at radius 3 is 2.53 bits per heavy atom. The van der Waals surface area contributed by atoms with Crippen molar-refractivity contribution in [1.82, 2.24) is 14.7 Å². The number of β-amino-alcohol motifs (C(OH)–C–C–N with tert-alkyl or cyclic N) is 1. The highest BCUT2D eigenvalue weighted by Crippen LogP contribution is 2.51. The summed E-state index contributed by atoms with van der Waals surface area (Å²) in [5, 5.41) is 15.4. The van der Waals surface area contributed by atoms with Crippen molar-refractivity contribution >= 4 is 16.8 Å². The van der Waals surface area contributed by atoms with Crippen molar-refractivity contribution in [3.63, 3.8) is 0 Å². The number of carbonyl (C=O) groups is 1. The Balaban J connectivity index is 1.38. The van der Waals surface area contributed by atoms with E-state index in [2.05, 4.69) is 5.10 Å². The molecule has 10 heteroatoms. The molecule has 1 aromatic heterocycles. The molecule has 180 valence electrons. The summed E-state index contributed by atoms with van der Waals surface area (Å²) in [7, 11) is 3.31. The van der Waals surface area contributed by atoms with Gasteiger partial charge in [-0.05, 0) is 54.3 Å². The number of aryl methyl sites for hydroxylation is 1. The predicted molar refractivity (Wildman–Crippen MR) is 116 cm³/mol. The molecule has 7 nitrogen and oxygen atoms in total. The first-order valence-electron chi connectivity index (χ1n) is 11.0. The third-order valence-corrected chi connectivity index (χ3v) is 6.50. The van der Waals surface area contributed by atoms with Crippen LogP contribution in [0.25, 0.3) is 10.9 Å². The number of fused-ring (bicyclic) bond motifs is 1. The lowest BCUT2D eigenvalue weighted by molar-refractivity contribution is -0.137. The second kappa shape index (κ2) is 8.28. The number of aromatic nitrogens is 2. The van der Waals surface area contributed by atoms with E-state index < -0.39 is 17.8 Å². The number of hydrogen-bond donors (Lipinski definition) is 1. The van der Waals surface area contributed by atoms with E-state index in [9.17, 15) is 23.1 Å². The van der Waals surface area contributed by atoms with E-state index in [1.165, 1.54) is 19.2 Å². The summed E-state index contributed by atoms with van der Waals surface area (Å²) in [6, 6.07) is 8.11. The van der Waals surface area contributed by atoms with Crippen LogP contribution in [0.3, 0.4) is 0 Å². The van der Waals surface area contributed by atoms with Crippen LogP contribution in [0.4, 0.5) is 13.2 Å². The number of rotatable bonds is 5. The summed E-state index contributed by atoms with van der Waals surface area (Å²) in [5.41, 5.74) is 0.880. The normalized spacial score (nSPS) is 24.6. The van der Waals surface area contributed by atoms with Crippen molar-refractivity contribution in [2.24, 2.45) is 13.0 Å². The van der Waals surface area contributed by atoms with Crippen LogP contribution in [0, 0.1) is 5.92 Å². The molecule has 0 unspecified atom stereocenters. The summed E-state index contributed by atoms with van der Waals surface area (Å²) >= 11 is 0. The van der Waals surface area contributed by atoms with Crippen LogP contribution in [-0.4, -0.2) is 58.1 Å². The Labute approximate surface area is 193 Å². The maximum atomic E-state index is 13.0.